The summed E-state index contributed by atoms with van der Waals surface area (Å²) in [7, 11) is 0. The van der Waals surface area contributed by atoms with E-state index in [2.05, 4.69) is 125 Å². The molecule has 0 heterocycles. The van der Waals surface area contributed by atoms with Crippen molar-refractivity contribution in [1.82, 2.24) is 0 Å². The molecule has 2 atom stereocenters. The van der Waals surface area contributed by atoms with Crippen LogP contribution in [0.2, 0.25) is 0 Å². The molecule has 0 nitrogen and oxygen atoms in total. The molecule has 0 fully saturated rings. The van der Waals surface area contributed by atoms with Crippen LogP contribution in [0.5, 0.6) is 0 Å². The fraction of sp³-hybridized carbons (Fsp3) is 0.212. The maximum Gasteiger partial charge on any atom is 0.0115 e. The van der Waals surface area contributed by atoms with Crippen molar-refractivity contribution in [2.45, 2.75) is 39.5 Å². The fourth-order valence-corrected chi connectivity index (χ4v) is 6.87. The second-order valence-corrected chi connectivity index (χ2v) is 10.4. The minimum absolute atomic E-state index is 0.0659. The number of hydrogen-bond acceptors (Lipinski definition) is 0. The second kappa shape index (κ2) is 7.32. The minimum Gasteiger partial charge on any atom is -0.0646 e. The monoisotopic (exact) mass is 426 g/mol. The van der Waals surface area contributed by atoms with Gasteiger partial charge >= 0.3 is 0 Å². The van der Waals surface area contributed by atoms with Gasteiger partial charge in [0.15, 0.2) is 0 Å². The Bertz CT molecular complexity index is 1460. The van der Waals surface area contributed by atoms with E-state index in [4.69, 9.17) is 0 Å². The minimum atomic E-state index is 0.0659. The Morgan fingerprint density at radius 3 is 2.06 bits per heavy atom. The van der Waals surface area contributed by atoms with E-state index in [9.17, 15) is 0 Å². The molecule has 2 aliphatic rings. The van der Waals surface area contributed by atoms with Crippen molar-refractivity contribution in [1.29, 1.82) is 0 Å². The first kappa shape index (κ1) is 20.2. The Morgan fingerprint density at radius 1 is 0.576 bits per heavy atom. The van der Waals surface area contributed by atoms with Crippen molar-refractivity contribution in [3.8, 4) is 11.1 Å². The molecule has 33 heavy (non-hydrogen) atoms. The van der Waals surface area contributed by atoms with Crippen molar-refractivity contribution in [3.05, 3.63) is 118 Å². The molecule has 0 N–H and O–H groups in total. The molecular weight excluding hydrogens is 396 g/mol. The number of fused-ring (bicyclic) bond motifs is 3. The molecule has 2 aliphatic carbocycles. The molecule has 0 aliphatic heterocycles. The van der Waals surface area contributed by atoms with Crippen LogP contribution in [0, 0.1) is 5.41 Å². The van der Waals surface area contributed by atoms with Gasteiger partial charge in [0.1, 0.15) is 0 Å². The van der Waals surface area contributed by atoms with Gasteiger partial charge in [-0.25, -0.2) is 0 Å². The molecule has 0 bridgehead atoms. The summed E-state index contributed by atoms with van der Waals surface area (Å²) in [5, 5.41) is 2.62. The lowest BCUT2D eigenvalue weighted by Gasteiger charge is -2.41. The van der Waals surface area contributed by atoms with Crippen LogP contribution in [0.3, 0.4) is 0 Å². The highest BCUT2D eigenvalue weighted by atomic mass is 14.5. The van der Waals surface area contributed by atoms with Gasteiger partial charge in [0, 0.05) is 11.8 Å². The van der Waals surface area contributed by atoms with Gasteiger partial charge < -0.3 is 0 Å². The number of benzene rings is 4. The van der Waals surface area contributed by atoms with Crippen molar-refractivity contribution in [2.24, 2.45) is 5.41 Å². The zero-order valence-corrected chi connectivity index (χ0v) is 19.9. The van der Waals surface area contributed by atoms with Gasteiger partial charge in [-0.1, -0.05) is 122 Å². The summed E-state index contributed by atoms with van der Waals surface area (Å²) in [6.45, 7) is 9.59. The predicted octanol–water partition coefficient (Wildman–Crippen LogP) is 9.23. The maximum atomic E-state index is 2.47. The molecule has 4 aromatic rings. The Kier molecular flexibility index (Phi) is 4.49. The van der Waals surface area contributed by atoms with E-state index in [0.29, 0.717) is 11.8 Å². The van der Waals surface area contributed by atoms with Gasteiger partial charge in [0.05, 0.1) is 0 Å². The standard InChI is InChI=1S/C33H30/c1-21-19-24-12-6-8-15-26(24)31(21)33(3,4)32-22(2)20-30-28(17-10-18-29(30)32)27-16-9-13-23-11-5-7-14-25(23)27/h5-20,31-32H,1-4H3. The summed E-state index contributed by atoms with van der Waals surface area (Å²) in [6, 6.07) is 31.3. The Labute approximate surface area is 197 Å². The zero-order chi connectivity index (χ0) is 22.7. The van der Waals surface area contributed by atoms with E-state index in [0.717, 1.165) is 0 Å². The highest BCUT2D eigenvalue weighted by Gasteiger charge is 2.45. The molecule has 4 aromatic carbocycles. The lowest BCUT2D eigenvalue weighted by Crippen LogP contribution is -2.29. The highest BCUT2D eigenvalue weighted by Crippen LogP contribution is 2.58. The average Bonchev–Trinajstić information content (AvgIpc) is 3.34. The molecule has 0 saturated heterocycles. The molecule has 0 spiro atoms. The first-order valence-electron chi connectivity index (χ1n) is 12.0. The van der Waals surface area contributed by atoms with Crippen LogP contribution >= 0.6 is 0 Å². The van der Waals surface area contributed by atoms with Gasteiger partial charge in [-0.15, -0.1) is 0 Å². The zero-order valence-electron chi connectivity index (χ0n) is 19.9. The van der Waals surface area contributed by atoms with Gasteiger partial charge in [0.25, 0.3) is 0 Å². The van der Waals surface area contributed by atoms with E-state index < -0.39 is 0 Å². The molecule has 0 aromatic heterocycles. The Morgan fingerprint density at radius 2 is 1.18 bits per heavy atom. The quantitative estimate of drug-likeness (QED) is 0.306. The molecule has 6 rings (SSSR count). The smallest absolute Gasteiger partial charge is 0.0115 e. The van der Waals surface area contributed by atoms with E-state index in [1.807, 2.05) is 0 Å². The van der Waals surface area contributed by atoms with Crippen LogP contribution in [0.1, 0.15) is 61.8 Å². The third kappa shape index (κ3) is 2.97. The van der Waals surface area contributed by atoms with Crippen molar-refractivity contribution >= 4 is 22.9 Å². The molecule has 2 unspecified atom stereocenters. The largest absolute Gasteiger partial charge is 0.0646 e. The van der Waals surface area contributed by atoms with E-state index in [-0.39, 0.29) is 5.41 Å². The first-order valence-corrected chi connectivity index (χ1v) is 12.0. The van der Waals surface area contributed by atoms with Crippen LogP contribution in [0.15, 0.2) is 96.1 Å². The van der Waals surface area contributed by atoms with E-state index in [1.165, 1.54) is 55.3 Å². The van der Waals surface area contributed by atoms with Gasteiger partial charge in [-0.2, -0.15) is 0 Å². The molecule has 0 saturated carbocycles. The van der Waals surface area contributed by atoms with Crippen molar-refractivity contribution in [3.63, 3.8) is 0 Å². The van der Waals surface area contributed by atoms with Crippen LogP contribution in [-0.2, 0) is 0 Å². The summed E-state index contributed by atoms with van der Waals surface area (Å²) in [6.07, 6.45) is 4.85. The third-order valence-corrected chi connectivity index (χ3v) is 7.99. The first-order chi connectivity index (χ1) is 16.0. The second-order valence-electron chi connectivity index (χ2n) is 10.4. The maximum absolute atomic E-state index is 2.47. The third-order valence-electron chi connectivity index (χ3n) is 7.99. The predicted molar refractivity (Wildman–Crippen MR) is 142 cm³/mol. The molecular formula is C33H30. The summed E-state index contributed by atoms with van der Waals surface area (Å²) in [4.78, 5) is 0. The summed E-state index contributed by atoms with van der Waals surface area (Å²) in [5.41, 5.74) is 11.4. The molecule has 0 heteroatoms. The lowest BCUT2D eigenvalue weighted by molar-refractivity contribution is 0.275. The molecule has 0 amide bonds. The Balaban J connectivity index is 1.51. The van der Waals surface area contributed by atoms with Crippen molar-refractivity contribution in [2.75, 3.05) is 0 Å². The van der Waals surface area contributed by atoms with E-state index in [1.54, 1.807) is 0 Å². The fourth-order valence-electron chi connectivity index (χ4n) is 6.87. The SMILES string of the molecule is CC1=Cc2ccccc2C1C(C)(C)C1C(C)=Cc2c(-c3cccc4ccccc34)cccc21. The summed E-state index contributed by atoms with van der Waals surface area (Å²) < 4.78 is 0. The van der Waals surface area contributed by atoms with Crippen LogP contribution < -0.4 is 0 Å². The van der Waals surface area contributed by atoms with Crippen LogP contribution in [0.4, 0.5) is 0 Å². The summed E-state index contributed by atoms with van der Waals surface area (Å²) in [5.74, 6) is 0.816. The van der Waals surface area contributed by atoms with E-state index >= 15 is 0 Å². The lowest BCUT2D eigenvalue weighted by atomic mass is 9.62. The molecule has 162 valence electrons. The highest BCUT2D eigenvalue weighted by molar-refractivity contribution is 5.99. The van der Waals surface area contributed by atoms with Crippen molar-refractivity contribution < 1.29 is 0 Å². The normalized spacial score (nSPS) is 19.3. The number of hydrogen-bond donors (Lipinski definition) is 0. The average molecular weight is 427 g/mol. The summed E-state index contributed by atoms with van der Waals surface area (Å²) >= 11 is 0. The van der Waals surface area contributed by atoms with Crippen LogP contribution in [0.25, 0.3) is 34.1 Å². The number of rotatable bonds is 3. The Hall–Kier alpha value is -3.38. The van der Waals surface area contributed by atoms with Gasteiger partial charge in [0.2, 0.25) is 0 Å². The van der Waals surface area contributed by atoms with Gasteiger partial charge in [-0.3, -0.25) is 0 Å². The number of allylic oxidation sites excluding steroid dienone is 2. The van der Waals surface area contributed by atoms with Crippen LogP contribution in [-0.4, -0.2) is 0 Å². The topological polar surface area (TPSA) is 0 Å². The molecule has 0 radical (unpaired) electrons. The van der Waals surface area contributed by atoms with Gasteiger partial charge in [-0.05, 0) is 63.4 Å².